The molecule has 1 heterocycles. The maximum atomic E-state index is 11.3. The molecular weight excluding hydrogens is 246 g/mol. The van der Waals surface area contributed by atoms with Crippen molar-refractivity contribution in [2.24, 2.45) is 11.7 Å². The number of nitro benzene ring substituents is 1. The standard InChI is InChI=1S/C13H19N3O3/c1-9-6-10(7-14)8-15(9)11-4-3-5-12(19-2)13(11)16(17)18/h3-5,9-10H,6-8,14H2,1-2H3. The van der Waals surface area contributed by atoms with Crippen LogP contribution in [0.25, 0.3) is 0 Å². The Morgan fingerprint density at radius 1 is 1.58 bits per heavy atom. The van der Waals surface area contributed by atoms with Gasteiger partial charge in [0, 0.05) is 12.6 Å². The molecule has 0 saturated carbocycles. The van der Waals surface area contributed by atoms with Crippen molar-refractivity contribution in [1.29, 1.82) is 0 Å². The van der Waals surface area contributed by atoms with Crippen LogP contribution in [0, 0.1) is 16.0 Å². The summed E-state index contributed by atoms with van der Waals surface area (Å²) < 4.78 is 5.10. The zero-order valence-electron chi connectivity index (χ0n) is 11.2. The van der Waals surface area contributed by atoms with E-state index in [-0.39, 0.29) is 16.7 Å². The summed E-state index contributed by atoms with van der Waals surface area (Å²) in [7, 11) is 1.45. The van der Waals surface area contributed by atoms with Crippen LogP contribution >= 0.6 is 0 Å². The molecule has 1 aliphatic rings. The summed E-state index contributed by atoms with van der Waals surface area (Å²) in [6.07, 6.45) is 0.963. The summed E-state index contributed by atoms with van der Waals surface area (Å²) in [6.45, 7) is 3.43. The van der Waals surface area contributed by atoms with E-state index in [4.69, 9.17) is 10.5 Å². The van der Waals surface area contributed by atoms with Crippen LogP contribution in [0.15, 0.2) is 18.2 Å². The molecule has 2 rings (SSSR count). The van der Waals surface area contributed by atoms with Gasteiger partial charge in [0.2, 0.25) is 0 Å². The number of benzene rings is 1. The molecule has 1 aromatic rings. The highest BCUT2D eigenvalue weighted by Crippen LogP contribution is 2.40. The van der Waals surface area contributed by atoms with Gasteiger partial charge in [0.05, 0.1) is 12.0 Å². The number of anilines is 1. The van der Waals surface area contributed by atoms with Gasteiger partial charge in [-0.2, -0.15) is 0 Å². The number of nitrogens with zero attached hydrogens (tertiary/aromatic N) is 2. The van der Waals surface area contributed by atoms with E-state index in [1.165, 1.54) is 7.11 Å². The third-order valence-corrected chi connectivity index (χ3v) is 3.68. The Morgan fingerprint density at radius 2 is 2.32 bits per heavy atom. The minimum atomic E-state index is -0.378. The topological polar surface area (TPSA) is 81.6 Å². The van der Waals surface area contributed by atoms with Crippen molar-refractivity contribution in [2.45, 2.75) is 19.4 Å². The Morgan fingerprint density at radius 3 is 2.84 bits per heavy atom. The van der Waals surface area contributed by atoms with E-state index in [1.807, 2.05) is 0 Å². The largest absolute Gasteiger partial charge is 0.490 e. The molecule has 0 aromatic heterocycles. The molecule has 0 amide bonds. The van der Waals surface area contributed by atoms with Crippen LogP contribution < -0.4 is 15.4 Å². The fourth-order valence-electron chi connectivity index (χ4n) is 2.74. The maximum Gasteiger partial charge on any atom is 0.333 e. The third-order valence-electron chi connectivity index (χ3n) is 3.68. The molecule has 1 saturated heterocycles. The van der Waals surface area contributed by atoms with Crippen molar-refractivity contribution in [2.75, 3.05) is 25.1 Å². The lowest BCUT2D eigenvalue weighted by molar-refractivity contribution is -0.385. The minimum Gasteiger partial charge on any atom is -0.490 e. The molecule has 19 heavy (non-hydrogen) atoms. The molecule has 104 valence electrons. The molecule has 2 N–H and O–H groups in total. The van der Waals surface area contributed by atoms with E-state index in [0.29, 0.717) is 23.9 Å². The average molecular weight is 265 g/mol. The highest BCUT2D eigenvalue weighted by Gasteiger charge is 2.33. The molecule has 0 radical (unpaired) electrons. The predicted molar refractivity (Wildman–Crippen MR) is 73.6 cm³/mol. The fraction of sp³-hybridized carbons (Fsp3) is 0.538. The van der Waals surface area contributed by atoms with Crippen LogP contribution in [0.5, 0.6) is 5.75 Å². The average Bonchev–Trinajstić information content (AvgIpc) is 2.78. The monoisotopic (exact) mass is 265 g/mol. The number of ether oxygens (including phenoxy) is 1. The molecule has 2 unspecified atom stereocenters. The Kier molecular flexibility index (Phi) is 3.90. The number of nitrogens with two attached hydrogens (primary N) is 1. The van der Waals surface area contributed by atoms with E-state index in [1.54, 1.807) is 18.2 Å². The Labute approximate surface area is 112 Å². The van der Waals surface area contributed by atoms with Gasteiger partial charge in [-0.05, 0) is 37.9 Å². The van der Waals surface area contributed by atoms with E-state index >= 15 is 0 Å². The Balaban J connectivity index is 2.42. The highest BCUT2D eigenvalue weighted by molar-refractivity contribution is 5.70. The normalized spacial score (nSPS) is 22.6. The first-order valence-corrected chi connectivity index (χ1v) is 6.36. The van der Waals surface area contributed by atoms with Crippen molar-refractivity contribution in [3.05, 3.63) is 28.3 Å². The second kappa shape index (κ2) is 5.44. The Bertz CT molecular complexity index is 478. The Hall–Kier alpha value is -1.82. The number of methoxy groups -OCH3 is 1. The summed E-state index contributed by atoms with van der Waals surface area (Å²) in [5.74, 6) is 0.687. The first-order valence-electron chi connectivity index (χ1n) is 6.36. The lowest BCUT2D eigenvalue weighted by atomic mass is 10.1. The number of hydrogen-bond donors (Lipinski definition) is 1. The van der Waals surface area contributed by atoms with Gasteiger partial charge in [-0.15, -0.1) is 0 Å². The molecule has 6 heteroatoms. The lowest BCUT2D eigenvalue weighted by Crippen LogP contribution is -2.28. The first-order chi connectivity index (χ1) is 9.08. The highest BCUT2D eigenvalue weighted by atomic mass is 16.6. The summed E-state index contributed by atoms with van der Waals surface area (Å²) >= 11 is 0. The van der Waals surface area contributed by atoms with Gasteiger partial charge in [-0.25, -0.2) is 0 Å². The van der Waals surface area contributed by atoms with E-state index in [9.17, 15) is 10.1 Å². The molecular formula is C13H19N3O3. The number of para-hydroxylation sites is 1. The van der Waals surface area contributed by atoms with Crippen molar-refractivity contribution in [1.82, 2.24) is 0 Å². The summed E-state index contributed by atoms with van der Waals surface area (Å²) in [6, 6.07) is 5.42. The van der Waals surface area contributed by atoms with E-state index in [0.717, 1.165) is 13.0 Å². The lowest BCUT2D eigenvalue weighted by Gasteiger charge is -2.24. The number of rotatable bonds is 4. The van der Waals surface area contributed by atoms with Gasteiger partial charge in [-0.3, -0.25) is 10.1 Å². The quantitative estimate of drug-likeness (QED) is 0.663. The predicted octanol–water partition coefficient (Wildman–Crippen LogP) is 1.78. The zero-order valence-corrected chi connectivity index (χ0v) is 11.2. The molecule has 0 aliphatic carbocycles. The van der Waals surface area contributed by atoms with Gasteiger partial charge in [0.1, 0.15) is 5.69 Å². The maximum absolute atomic E-state index is 11.3. The van der Waals surface area contributed by atoms with Crippen LogP contribution in [-0.2, 0) is 0 Å². The summed E-state index contributed by atoms with van der Waals surface area (Å²) in [5.41, 5.74) is 6.36. The second-order valence-electron chi connectivity index (χ2n) is 4.92. The van der Waals surface area contributed by atoms with Gasteiger partial charge in [0.25, 0.3) is 0 Å². The van der Waals surface area contributed by atoms with Crippen LogP contribution in [0.1, 0.15) is 13.3 Å². The SMILES string of the molecule is COc1cccc(N2CC(CN)CC2C)c1[N+](=O)[O-]. The van der Waals surface area contributed by atoms with Crippen LogP contribution in [0.4, 0.5) is 11.4 Å². The van der Waals surface area contributed by atoms with Crippen LogP contribution in [0.2, 0.25) is 0 Å². The zero-order chi connectivity index (χ0) is 14.0. The second-order valence-corrected chi connectivity index (χ2v) is 4.92. The minimum absolute atomic E-state index is 0.0366. The summed E-state index contributed by atoms with van der Waals surface area (Å²) in [5, 5.41) is 11.3. The summed E-state index contributed by atoms with van der Waals surface area (Å²) in [4.78, 5) is 13.0. The molecule has 1 aromatic carbocycles. The molecule has 1 aliphatic heterocycles. The molecule has 2 atom stereocenters. The number of hydrogen-bond acceptors (Lipinski definition) is 5. The van der Waals surface area contributed by atoms with Gasteiger partial charge < -0.3 is 15.4 Å². The molecule has 0 spiro atoms. The van der Waals surface area contributed by atoms with Gasteiger partial charge in [0.15, 0.2) is 5.75 Å². The van der Waals surface area contributed by atoms with E-state index in [2.05, 4.69) is 11.8 Å². The number of nitro groups is 1. The first kappa shape index (κ1) is 13.6. The van der Waals surface area contributed by atoms with Gasteiger partial charge >= 0.3 is 5.69 Å². The fourth-order valence-corrected chi connectivity index (χ4v) is 2.74. The van der Waals surface area contributed by atoms with E-state index < -0.39 is 0 Å². The van der Waals surface area contributed by atoms with Crippen molar-refractivity contribution in [3.63, 3.8) is 0 Å². The van der Waals surface area contributed by atoms with Crippen LogP contribution in [0.3, 0.4) is 0 Å². The van der Waals surface area contributed by atoms with Crippen molar-refractivity contribution >= 4 is 11.4 Å². The van der Waals surface area contributed by atoms with Gasteiger partial charge in [-0.1, -0.05) is 6.07 Å². The molecule has 0 bridgehead atoms. The van der Waals surface area contributed by atoms with Crippen molar-refractivity contribution < 1.29 is 9.66 Å². The third kappa shape index (κ3) is 2.49. The molecule has 6 nitrogen and oxygen atoms in total. The smallest absolute Gasteiger partial charge is 0.333 e. The van der Waals surface area contributed by atoms with Crippen molar-refractivity contribution in [3.8, 4) is 5.75 Å². The van der Waals surface area contributed by atoms with Crippen LogP contribution in [-0.4, -0.2) is 31.2 Å². The molecule has 1 fully saturated rings.